The molecule has 1 aliphatic carbocycles. The van der Waals surface area contributed by atoms with E-state index in [4.69, 9.17) is 29.1 Å². The number of aliphatic carboxylic acids is 1. The molecule has 18 nitrogen and oxygen atoms in total. The summed E-state index contributed by atoms with van der Waals surface area (Å²) in [5, 5.41) is 74.9. The highest BCUT2D eigenvalue weighted by molar-refractivity contribution is 7.78. The van der Waals surface area contributed by atoms with Crippen molar-refractivity contribution in [1.82, 2.24) is 0 Å². The Balaban J connectivity index is 2.16. The van der Waals surface area contributed by atoms with E-state index in [0.29, 0.717) is 0 Å². The molecule has 2 aliphatic heterocycles. The second-order valence-corrected chi connectivity index (χ2v) is 11.2. The van der Waals surface area contributed by atoms with E-state index in [-0.39, 0.29) is 5.70 Å². The summed E-state index contributed by atoms with van der Waals surface area (Å²) in [7, 11) is 0. The van der Waals surface area contributed by atoms with Crippen LogP contribution in [0.3, 0.4) is 0 Å². The van der Waals surface area contributed by atoms with Crippen LogP contribution < -0.4 is 0 Å². The van der Waals surface area contributed by atoms with Gasteiger partial charge >= 0.3 is 17.9 Å². The second-order valence-electron chi connectivity index (χ2n) is 11.0. The molecule has 47 heavy (non-hydrogen) atoms. The van der Waals surface area contributed by atoms with Crippen LogP contribution in [0.4, 0.5) is 0 Å². The lowest BCUT2D eigenvalue weighted by atomic mass is 9.74. The SMILES string of the molecule is CC=C(N=C=S)C(=O)OC1C(COC(C)=O)OC(C2(O)CC(=O)C(=N)C(C(=O)O)=C2O)C(O)C1OC1CC(O)C(O)(C(C)=O)C(C)O1. The van der Waals surface area contributed by atoms with Gasteiger partial charge in [-0.15, -0.1) is 0 Å². The van der Waals surface area contributed by atoms with Gasteiger partial charge in [0, 0.05) is 13.3 Å². The largest absolute Gasteiger partial charge is 0.508 e. The molecule has 0 bridgehead atoms. The minimum Gasteiger partial charge on any atom is -0.508 e. The van der Waals surface area contributed by atoms with Crippen LogP contribution in [0, 0.1) is 5.41 Å². The van der Waals surface area contributed by atoms with Crippen LogP contribution in [0.1, 0.15) is 40.5 Å². The maximum atomic E-state index is 13.1. The summed E-state index contributed by atoms with van der Waals surface area (Å²) in [4.78, 5) is 65.1. The standard InChI is InChI=1S/C28H34N2O16S/c1-5-13(30-9-47)26(39)46-21-15(8-42-12(4)32)44-24(27(40)7-14(33)19(29)18(23(27)36)25(37)38)20(35)22(21)45-17-6-16(34)28(41,10(2)31)11(3)43-17/h5,11,15-17,20-22,24,29,34-36,40-41H,6-8H2,1-4H3,(H,37,38). The maximum Gasteiger partial charge on any atom is 0.357 e. The summed E-state index contributed by atoms with van der Waals surface area (Å²) in [6, 6.07) is 0. The topological polar surface area (TPSA) is 289 Å². The minimum atomic E-state index is -3.04. The molecule has 2 heterocycles. The molecule has 0 amide bonds. The highest BCUT2D eigenvalue weighted by Gasteiger charge is 2.61. The van der Waals surface area contributed by atoms with Crippen molar-refractivity contribution >= 4 is 52.6 Å². The summed E-state index contributed by atoms with van der Waals surface area (Å²) >= 11 is 4.54. The third kappa shape index (κ3) is 7.23. The molecule has 2 fully saturated rings. The molecule has 0 aromatic heterocycles. The molecule has 0 radical (unpaired) electrons. The first kappa shape index (κ1) is 37.7. The summed E-state index contributed by atoms with van der Waals surface area (Å²) in [6.07, 6.45) is -15.2. The number of esters is 2. The fraction of sp³-hybridized carbons (Fsp3) is 0.607. The molecule has 7 N–H and O–H groups in total. The van der Waals surface area contributed by atoms with E-state index in [0.717, 1.165) is 13.8 Å². The first-order chi connectivity index (χ1) is 21.8. The van der Waals surface area contributed by atoms with E-state index in [2.05, 4.69) is 17.2 Å². The molecule has 3 rings (SSSR count). The van der Waals surface area contributed by atoms with Crippen molar-refractivity contribution in [2.45, 2.75) is 101 Å². The smallest absolute Gasteiger partial charge is 0.357 e. The predicted molar refractivity (Wildman–Crippen MR) is 155 cm³/mol. The maximum absolute atomic E-state index is 13.1. The quantitative estimate of drug-likeness (QED) is 0.0590. The molecule has 0 saturated carbocycles. The van der Waals surface area contributed by atoms with Crippen LogP contribution in [-0.4, -0.2) is 138 Å². The van der Waals surface area contributed by atoms with Gasteiger partial charge in [-0.25, -0.2) is 9.59 Å². The van der Waals surface area contributed by atoms with Crippen molar-refractivity contribution in [2.24, 2.45) is 4.99 Å². The summed E-state index contributed by atoms with van der Waals surface area (Å²) in [5.74, 6) is -7.53. The number of ether oxygens (including phenoxy) is 5. The van der Waals surface area contributed by atoms with Crippen molar-refractivity contribution in [3.63, 3.8) is 0 Å². The van der Waals surface area contributed by atoms with Gasteiger partial charge in [0.2, 0.25) is 0 Å². The number of carboxylic acid groups (broad SMARTS) is 1. The molecule has 0 aromatic carbocycles. The van der Waals surface area contributed by atoms with Gasteiger partial charge < -0.3 is 54.3 Å². The molecular weight excluding hydrogens is 652 g/mol. The number of thiocarbonyl (C=S) groups is 1. The van der Waals surface area contributed by atoms with Gasteiger partial charge in [0.25, 0.3) is 0 Å². The van der Waals surface area contributed by atoms with Gasteiger partial charge in [0.1, 0.15) is 48.1 Å². The number of ketones is 2. The Morgan fingerprint density at radius 1 is 1.17 bits per heavy atom. The summed E-state index contributed by atoms with van der Waals surface area (Å²) in [6.45, 7) is 3.90. The molecule has 2 saturated heterocycles. The second kappa shape index (κ2) is 14.5. The fourth-order valence-electron chi connectivity index (χ4n) is 5.55. The third-order valence-corrected chi connectivity index (χ3v) is 8.15. The van der Waals surface area contributed by atoms with Crippen LogP contribution in [-0.2, 0) is 47.7 Å². The first-order valence-electron chi connectivity index (χ1n) is 14.0. The minimum absolute atomic E-state index is 0.382. The van der Waals surface area contributed by atoms with E-state index in [1.165, 1.54) is 19.9 Å². The van der Waals surface area contributed by atoms with Gasteiger partial charge in [0.15, 0.2) is 40.9 Å². The van der Waals surface area contributed by atoms with Gasteiger partial charge in [0.05, 0.1) is 23.8 Å². The monoisotopic (exact) mass is 686 g/mol. The number of nitrogens with one attached hydrogen (secondary N) is 1. The van der Waals surface area contributed by atoms with Crippen LogP contribution in [0.25, 0.3) is 0 Å². The average molecular weight is 687 g/mol. The lowest BCUT2D eigenvalue weighted by Gasteiger charge is -2.50. The number of rotatable bonds is 10. The van der Waals surface area contributed by atoms with Crippen molar-refractivity contribution < 1.29 is 78.3 Å². The van der Waals surface area contributed by atoms with E-state index >= 15 is 0 Å². The Morgan fingerprint density at radius 2 is 1.81 bits per heavy atom. The number of nitrogens with zero attached hydrogens (tertiary/aromatic N) is 1. The van der Waals surface area contributed by atoms with Crippen LogP contribution in [0.5, 0.6) is 0 Å². The number of carbonyl (C=O) groups is 5. The van der Waals surface area contributed by atoms with Crippen molar-refractivity contribution in [2.75, 3.05) is 6.61 Å². The van der Waals surface area contributed by atoms with Crippen LogP contribution in [0.15, 0.2) is 28.1 Å². The number of isothiocyanates is 1. The molecule has 258 valence electrons. The van der Waals surface area contributed by atoms with E-state index < -0.39 is 126 Å². The number of allylic oxidation sites excluding steroid dienone is 1. The van der Waals surface area contributed by atoms with Gasteiger partial charge in [-0.3, -0.25) is 19.8 Å². The zero-order valence-corrected chi connectivity index (χ0v) is 26.3. The fourth-order valence-corrected chi connectivity index (χ4v) is 5.65. The van der Waals surface area contributed by atoms with Crippen LogP contribution >= 0.6 is 12.2 Å². The zero-order valence-electron chi connectivity index (χ0n) is 25.4. The van der Waals surface area contributed by atoms with Crippen molar-refractivity contribution in [3.05, 3.63) is 23.1 Å². The summed E-state index contributed by atoms with van der Waals surface area (Å²) in [5.41, 5.74) is -8.20. The predicted octanol–water partition coefficient (Wildman–Crippen LogP) is -1.58. The molecule has 0 aromatic rings. The number of Topliss-reactive ketones (excluding diaryl/α,β-unsaturated/α-hetero) is 2. The lowest BCUT2D eigenvalue weighted by Crippen LogP contribution is -2.69. The number of aliphatic imine (C=N–C) groups is 1. The molecule has 0 spiro atoms. The molecule has 3 aliphatic rings. The highest BCUT2D eigenvalue weighted by atomic mass is 32.1. The third-order valence-electron chi connectivity index (χ3n) is 8.06. The summed E-state index contributed by atoms with van der Waals surface area (Å²) < 4.78 is 27.9. The van der Waals surface area contributed by atoms with Gasteiger partial charge in [-0.1, -0.05) is 6.08 Å². The normalized spacial score (nSPS) is 36.3. The molecule has 10 atom stereocenters. The first-order valence-corrected chi connectivity index (χ1v) is 14.4. The lowest BCUT2D eigenvalue weighted by molar-refractivity contribution is -0.331. The van der Waals surface area contributed by atoms with Gasteiger partial charge in [-0.05, 0) is 33.0 Å². The zero-order chi connectivity index (χ0) is 35.6. The van der Waals surface area contributed by atoms with E-state index in [9.17, 15) is 54.6 Å². The Morgan fingerprint density at radius 3 is 2.32 bits per heavy atom. The average Bonchev–Trinajstić information content (AvgIpc) is 2.98. The van der Waals surface area contributed by atoms with Gasteiger partial charge in [-0.2, -0.15) is 4.99 Å². The number of aliphatic hydroxyl groups excluding tert-OH is 3. The number of carbonyl (C=O) groups excluding carboxylic acids is 4. The number of carboxylic acids is 1. The van der Waals surface area contributed by atoms with Crippen molar-refractivity contribution in [3.8, 4) is 0 Å². The highest BCUT2D eigenvalue weighted by Crippen LogP contribution is 2.41. The van der Waals surface area contributed by atoms with E-state index in [1.807, 2.05) is 5.16 Å². The number of hydrogen-bond donors (Lipinski definition) is 7. The number of hydrogen-bond acceptors (Lipinski definition) is 18. The van der Waals surface area contributed by atoms with Crippen molar-refractivity contribution in [1.29, 1.82) is 5.41 Å². The Hall–Kier alpha value is -3.78. The molecule has 10 unspecified atom stereocenters. The Bertz CT molecular complexity index is 1440. The Labute approximate surface area is 271 Å². The number of aliphatic hydroxyl groups is 5. The Kier molecular flexibility index (Phi) is 11.7. The van der Waals surface area contributed by atoms with Crippen LogP contribution in [0.2, 0.25) is 0 Å². The van der Waals surface area contributed by atoms with E-state index in [1.54, 1.807) is 0 Å². The molecule has 19 heteroatoms. The molecular formula is C28H34N2O16S.